The Balaban J connectivity index is 2.51. The van der Waals surface area contributed by atoms with Crippen LogP contribution < -0.4 is 5.73 Å². The van der Waals surface area contributed by atoms with Crippen molar-refractivity contribution in [2.24, 2.45) is 5.73 Å². The lowest BCUT2D eigenvalue weighted by molar-refractivity contribution is -0.144. The van der Waals surface area contributed by atoms with Crippen LogP contribution in [0.5, 0.6) is 0 Å². The maximum absolute atomic E-state index is 13.5. The van der Waals surface area contributed by atoms with Crippen molar-refractivity contribution in [3.05, 3.63) is 35.1 Å². The van der Waals surface area contributed by atoms with E-state index in [-0.39, 0.29) is 29.1 Å². The fourth-order valence-corrected chi connectivity index (χ4v) is 2.92. The number of likely N-dealkylation sites (tertiary alicyclic amines) is 1. The predicted octanol–water partition coefficient (Wildman–Crippen LogP) is 2.49. The summed E-state index contributed by atoms with van der Waals surface area (Å²) in [6.07, 6.45) is 1.01. The van der Waals surface area contributed by atoms with Crippen molar-refractivity contribution in [1.29, 1.82) is 5.26 Å². The molecule has 0 aromatic heterocycles. The monoisotopic (exact) mass is 289 g/mol. The van der Waals surface area contributed by atoms with Gasteiger partial charge in [0.1, 0.15) is 11.9 Å². The molecule has 5 heteroatoms. The number of benzene rings is 1. The van der Waals surface area contributed by atoms with Gasteiger partial charge in [-0.1, -0.05) is 6.07 Å². The average molecular weight is 289 g/mol. The highest BCUT2D eigenvalue weighted by molar-refractivity contribution is 5.78. The Bertz CT molecular complexity index is 601. The standard InChI is InChI=1S/C16H20FN3O/c1-16(2,3)20-14(21)7-6-13(19)15(20)10-4-5-12(17)11(8-10)9-18/h4-5,8,13,15H,6-7,19H2,1-3H3. The molecule has 21 heavy (non-hydrogen) atoms. The van der Waals surface area contributed by atoms with Gasteiger partial charge in [0.05, 0.1) is 11.6 Å². The quantitative estimate of drug-likeness (QED) is 0.863. The van der Waals surface area contributed by atoms with Crippen molar-refractivity contribution in [1.82, 2.24) is 4.90 Å². The summed E-state index contributed by atoms with van der Waals surface area (Å²) >= 11 is 0. The number of carbonyl (C=O) groups is 1. The lowest BCUT2D eigenvalue weighted by atomic mass is 9.86. The lowest BCUT2D eigenvalue weighted by Gasteiger charge is -2.47. The first-order valence-electron chi connectivity index (χ1n) is 7.03. The molecule has 1 aliphatic heterocycles. The number of piperidine rings is 1. The van der Waals surface area contributed by atoms with E-state index >= 15 is 0 Å². The molecule has 1 aromatic carbocycles. The summed E-state index contributed by atoms with van der Waals surface area (Å²) < 4.78 is 13.5. The molecule has 1 fully saturated rings. The van der Waals surface area contributed by atoms with Gasteiger partial charge in [-0.05, 0) is 44.9 Å². The molecule has 4 nitrogen and oxygen atoms in total. The van der Waals surface area contributed by atoms with Crippen molar-refractivity contribution in [3.63, 3.8) is 0 Å². The van der Waals surface area contributed by atoms with Gasteiger partial charge in [0.25, 0.3) is 0 Å². The second kappa shape index (κ2) is 5.45. The van der Waals surface area contributed by atoms with E-state index in [2.05, 4.69) is 0 Å². The van der Waals surface area contributed by atoms with E-state index in [4.69, 9.17) is 11.0 Å². The van der Waals surface area contributed by atoms with Gasteiger partial charge in [0.2, 0.25) is 5.91 Å². The number of halogens is 1. The molecule has 112 valence electrons. The number of rotatable bonds is 1. The highest BCUT2D eigenvalue weighted by Crippen LogP contribution is 2.36. The highest BCUT2D eigenvalue weighted by atomic mass is 19.1. The molecule has 0 spiro atoms. The minimum atomic E-state index is -0.556. The minimum absolute atomic E-state index is 0.0217. The maximum atomic E-state index is 13.5. The maximum Gasteiger partial charge on any atom is 0.223 e. The van der Waals surface area contributed by atoms with Crippen LogP contribution in [-0.4, -0.2) is 22.4 Å². The second-order valence-electron chi connectivity index (χ2n) is 6.43. The van der Waals surface area contributed by atoms with Gasteiger partial charge in [-0.3, -0.25) is 4.79 Å². The molecule has 2 unspecified atom stereocenters. The van der Waals surface area contributed by atoms with Gasteiger partial charge < -0.3 is 10.6 Å². The topological polar surface area (TPSA) is 70.1 Å². The van der Waals surface area contributed by atoms with Gasteiger partial charge >= 0.3 is 0 Å². The number of nitrogens with two attached hydrogens (primary N) is 1. The highest BCUT2D eigenvalue weighted by Gasteiger charge is 2.40. The van der Waals surface area contributed by atoms with Crippen LogP contribution >= 0.6 is 0 Å². The van der Waals surface area contributed by atoms with E-state index < -0.39 is 5.82 Å². The molecule has 1 amide bonds. The van der Waals surface area contributed by atoms with Crippen LogP contribution in [0.2, 0.25) is 0 Å². The first-order chi connectivity index (χ1) is 9.75. The Hall–Kier alpha value is -1.93. The summed E-state index contributed by atoms with van der Waals surface area (Å²) in [5.74, 6) is -0.517. The Kier molecular flexibility index (Phi) is 4.02. The van der Waals surface area contributed by atoms with Crippen molar-refractivity contribution < 1.29 is 9.18 Å². The zero-order valence-electron chi connectivity index (χ0n) is 12.6. The number of nitriles is 1. The van der Waals surface area contributed by atoms with Crippen LogP contribution in [-0.2, 0) is 4.79 Å². The fourth-order valence-electron chi connectivity index (χ4n) is 2.92. The van der Waals surface area contributed by atoms with Gasteiger partial charge in [-0.2, -0.15) is 5.26 Å². The van der Waals surface area contributed by atoms with Crippen molar-refractivity contribution in [2.75, 3.05) is 0 Å². The molecule has 0 saturated carbocycles. The molecule has 1 heterocycles. The van der Waals surface area contributed by atoms with E-state index in [1.165, 1.54) is 12.1 Å². The van der Waals surface area contributed by atoms with E-state index in [1.54, 1.807) is 11.0 Å². The molecule has 2 N–H and O–H groups in total. The van der Waals surface area contributed by atoms with Crippen molar-refractivity contribution >= 4 is 5.91 Å². The van der Waals surface area contributed by atoms with E-state index in [0.717, 1.165) is 0 Å². The summed E-state index contributed by atoms with van der Waals surface area (Å²) in [6.45, 7) is 5.85. The largest absolute Gasteiger partial charge is 0.329 e. The van der Waals surface area contributed by atoms with Crippen LogP contribution in [0.25, 0.3) is 0 Å². The van der Waals surface area contributed by atoms with Crippen LogP contribution in [0.15, 0.2) is 18.2 Å². The molecular formula is C16H20FN3O. The molecule has 2 atom stereocenters. The molecule has 0 bridgehead atoms. The van der Waals surface area contributed by atoms with Gasteiger partial charge in [0, 0.05) is 18.0 Å². The zero-order chi connectivity index (χ0) is 15.8. The van der Waals surface area contributed by atoms with Crippen LogP contribution in [0, 0.1) is 17.1 Å². The van der Waals surface area contributed by atoms with Gasteiger partial charge in [-0.25, -0.2) is 4.39 Å². The SMILES string of the molecule is CC(C)(C)N1C(=O)CCC(N)C1c1ccc(F)c(C#N)c1. The Morgan fingerprint density at radius 3 is 2.67 bits per heavy atom. The number of hydrogen-bond donors (Lipinski definition) is 1. The van der Waals surface area contributed by atoms with E-state index in [9.17, 15) is 9.18 Å². The third kappa shape index (κ3) is 2.91. The average Bonchev–Trinajstić information content (AvgIpc) is 2.40. The summed E-state index contributed by atoms with van der Waals surface area (Å²) in [5.41, 5.74) is 6.52. The summed E-state index contributed by atoms with van der Waals surface area (Å²) in [6, 6.07) is 5.65. The molecular weight excluding hydrogens is 269 g/mol. The molecule has 0 radical (unpaired) electrons. The summed E-state index contributed by atoms with van der Waals surface area (Å²) in [5, 5.41) is 8.98. The first kappa shape index (κ1) is 15.5. The van der Waals surface area contributed by atoms with E-state index in [1.807, 2.05) is 26.8 Å². The smallest absolute Gasteiger partial charge is 0.223 e. The lowest BCUT2D eigenvalue weighted by Crippen LogP contribution is -2.56. The summed E-state index contributed by atoms with van der Waals surface area (Å²) in [4.78, 5) is 14.1. The number of amides is 1. The van der Waals surface area contributed by atoms with Crippen LogP contribution in [0.3, 0.4) is 0 Å². The Morgan fingerprint density at radius 2 is 2.10 bits per heavy atom. The van der Waals surface area contributed by atoms with E-state index in [0.29, 0.717) is 18.4 Å². The number of nitrogens with zero attached hydrogens (tertiary/aromatic N) is 2. The predicted molar refractivity (Wildman–Crippen MR) is 77.7 cm³/mol. The minimum Gasteiger partial charge on any atom is -0.329 e. The zero-order valence-corrected chi connectivity index (χ0v) is 12.6. The molecule has 1 aromatic rings. The van der Waals surface area contributed by atoms with Crippen molar-refractivity contribution in [2.45, 2.75) is 51.2 Å². The third-order valence-electron chi connectivity index (χ3n) is 3.82. The summed E-state index contributed by atoms with van der Waals surface area (Å²) in [7, 11) is 0. The van der Waals surface area contributed by atoms with Crippen LogP contribution in [0.4, 0.5) is 4.39 Å². The van der Waals surface area contributed by atoms with Gasteiger partial charge in [0.15, 0.2) is 0 Å². The first-order valence-corrected chi connectivity index (χ1v) is 7.03. The Labute approximate surface area is 124 Å². The van der Waals surface area contributed by atoms with Crippen LogP contribution in [0.1, 0.15) is 50.8 Å². The fraction of sp³-hybridized carbons (Fsp3) is 0.500. The number of carbonyl (C=O) groups excluding carboxylic acids is 1. The number of hydrogen-bond acceptors (Lipinski definition) is 3. The normalized spacial score (nSPS) is 23.0. The van der Waals surface area contributed by atoms with Crippen molar-refractivity contribution in [3.8, 4) is 6.07 Å². The third-order valence-corrected chi connectivity index (χ3v) is 3.82. The van der Waals surface area contributed by atoms with Gasteiger partial charge in [-0.15, -0.1) is 0 Å². The molecule has 2 rings (SSSR count). The molecule has 1 aliphatic rings. The molecule has 0 aliphatic carbocycles. The second-order valence-corrected chi connectivity index (χ2v) is 6.43. The molecule has 1 saturated heterocycles. The Morgan fingerprint density at radius 1 is 1.43 bits per heavy atom.